The largest absolute Gasteiger partial charge is 0.303 e. The van der Waals surface area contributed by atoms with Crippen LogP contribution in [0.5, 0.6) is 0 Å². The maximum atomic E-state index is 4.26. The molecule has 2 heterocycles. The van der Waals surface area contributed by atoms with E-state index in [0.29, 0.717) is 0 Å². The minimum absolute atomic E-state index is 1.03. The van der Waals surface area contributed by atoms with Crippen LogP contribution in [0.25, 0.3) is 5.82 Å². The second kappa shape index (κ2) is 2.75. The molecule has 2 nitrogen and oxygen atoms in total. The van der Waals surface area contributed by atoms with E-state index in [9.17, 15) is 0 Å². The molecule has 62 valence electrons. The molecule has 2 aromatic heterocycles. The molecule has 0 aliphatic rings. The normalized spacial score (nSPS) is 10.5. The summed E-state index contributed by atoms with van der Waals surface area (Å²) >= 11 is 1.62. The number of aromatic nitrogens is 2. The maximum Gasteiger partial charge on any atom is 0.148 e. The molecule has 0 amide bonds. The molecule has 0 spiro atoms. The zero-order valence-corrected chi connectivity index (χ0v) is 7.93. The average molecular weight is 178 g/mol. The van der Waals surface area contributed by atoms with E-state index in [1.54, 1.807) is 11.3 Å². The van der Waals surface area contributed by atoms with Crippen LogP contribution in [0, 0.1) is 13.8 Å². The van der Waals surface area contributed by atoms with Crippen molar-refractivity contribution in [3.8, 4) is 5.82 Å². The summed E-state index contributed by atoms with van der Waals surface area (Å²) in [5.41, 5.74) is 4.32. The molecular weight excluding hydrogens is 168 g/mol. The molecule has 0 unspecified atom stereocenters. The standard InChI is InChI=1S/C9H10N2S/c1-7-3-4-8(2)11(7)9-5-12-6-10-9/h3-6H,1-2H3. The van der Waals surface area contributed by atoms with Gasteiger partial charge in [0.15, 0.2) is 0 Å². The molecule has 3 heteroatoms. The van der Waals surface area contributed by atoms with Gasteiger partial charge in [-0.2, -0.15) is 0 Å². The highest BCUT2D eigenvalue weighted by atomic mass is 32.1. The monoisotopic (exact) mass is 178 g/mol. The van der Waals surface area contributed by atoms with Gasteiger partial charge in [-0.3, -0.25) is 0 Å². The van der Waals surface area contributed by atoms with Gasteiger partial charge in [-0.25, -0.2) is 4.98 Å². The quantitative estimate of drug-likeness (QED) is 0.656. The van der Waals surface area contributed by atoms with Gasteiger partial charge in [0.25, 0.3) is 0 Å². The third-order valence-corrected chi connectivity index (χ3v) is 2.49. The lowest BCUT2D eigenvalue weighted by Gasteiger charge is -2.03. The van der Waals surface area contributed by atoms with E-state index in [1.165, 1.54) is 11.4 Å². The molecule has 0 bridgehead atoms. The molecule has 0 fully saturated rings. The molecule has 0 saturated heterocycles. The summed E-state index contributed by atoms with van der Waals surface area (Å²) < 4.78 is 2.15. The summed E-state index contributed by atoms with van der Waals surface area (Å²) in [4.78, 5) is 4.26. The van der Waals surface area contributed by atoms with Crippen LogP contribution in [-0.4, -0.2) is 9.55 Å². The average Bonchev–Trinajstić information content (AvgIpc) is 2.61. The first-order valence-electron chi connectivity index (χ1n) is 3.82. The summed E-state index contributed by atoms with van der Waals surface area (Å²) in [7, 11) is 0. The Morgan fingerprint density at radius 2 is 1.92 bits per heavy atom. The lowest BCUT2D eigenvalue weighted by atomic mass is 10.5. The molecule has 2 rings (SSSR count). The zero-order valence-electron chi connectivity index (χ0n) is 7.11. The molecule has 0 N–H and O–H groups in total. The lowest BCUT2D eigenvalue weighted by molar-refractivity contribution is 0.933. The molecule has 0 saturated carbocycles. The predicted molar refractivity (Wildman–Crippen MR) is 50.9 cm³/mol. The Hall–Kier alpha value is -1.09. The van der Waals surface area contributed by atoms with Crippen LogP contribution >= 0.6 is 11.3 Å². The minimum Gasteiger partial charge on any atom is -0.303 e. The van der Waals surface area contributed by atoms with Crippen LogP contribution in [0.1, 0.15) is 11.4 Å². The van der Waals surface area contributed by atoms with Gasteiger partial charge in [0, 0.05) is 16.8 Å². The number of nitrogens with zero attached hydrogens (tertiary/aromatic N) is 2. The van der Waals surface area contributed by atoms with E-state index in [4.69, 9.17) is 0 Å². The first-order chi connectivity index (χ1) is 5.79. The third kappa shape index (κ3) is 1.06. The fraction of sp³-hybridized carbons (Fsp3) is 0.222. The lowest BCUT2D eigenvalue weighted by Crippen LogP contribution is -1.97. The van der Waals surface area contributed by atoms with Crippen molar-refractivity contribution < 1.29 is 0 Å². The van der Waals surface area contributed by atoms with Gasteiger partial charge >= 0.3 is 0 Å². The number of hydrogen-bond acceptors (Lipinski definition) is 2. The summed E-state index contributed by atoms with van der Waals surface area (Å²) in [5.74, 6) is 1.03. The van der Waals surface area contributed by atoms with E-state index in [2.05, 4.69) is 40.9 Å². The van der Waals surface area contributed by atoms with Gasteiger partial charge in [-0.05, 0) is 26.0 Å². The first kappa shape index (κ1) is 7.55. The number of rotatable bonds is 1. The highest BCUT2D eigenvalue weighted by molar-refractivity contribution is 7.07. The predicted octanol–water partition coefficient (Wildman–Crippen LogP) is 2.55. The van der Waals surface area contributed by atoms with Crippen LogP contribution in [-0.2, 0) is 0 Å². The summed E-state index contributed by atoms with van der Waals surface area (Å²) in [6.45, 7) is 4.18. The van der Waals surface area contributed by atoms with Gasteiger partial charge < -0.3 is 4.57 Å². The molecule has 0 aliphatic heterocycles. The summed E-state index contributed by atoms with van der Waals surface area (Å²) in [6.07, 6.45) is 0. The van der Waals surface area contributed by atoms with E-state index in [1.807, 2.05) is 5.51 Å². The van der Waals surface area contributed by atoms with Crippen molar-refractivity contribution in [1.29, 1.82) is 0 Å². The first-order valence-corrected chi connectivity index (χ1v) is 4.77. The van der Waals surface area contributed by atoms with Crippen molar-refractivity contribution in [1.82, 2.24) is 9.55 Å². The summed E-state index contributed by atoms with van der Waals surface area (Å²) in [5, 5.41) is 2.06. The van der Waals surface area contributed by atoms with Crippen LogP contribution in [0.4, 0.5) is 0 Å². The van der Waals surface area contributed by atoms with Crippen LogP contribution < -0.4 is 0 Å². The van der Waals surface area contributed by atoms with E-state index in [0.717, 1.165) is 5.82 Å². The Morgan fingerprint density at radius 3 is 2.42 bits per heavy atom. The molecule has 2 aromatic rings. The van der Waals surface area contributed by atoms with Crippen LogP contribution in [0.2, 0.25) is 0 Å². The topological polar surface area (TPSA) is 17.8 Å². The zero-order chi connectivity index (χ0) is 8.55. The van der Waals surface area contributed by atoms with E-state index >= 15 is 0 Å². The molecule has 0 atom stereocenters. The second-order valence-corrected chi connectivity index (χ2v) is 3.52. The van der Waals surface area contributed by atoms with Crippen molar-refractivity contribution in [2.45, 2.75) is 13.8 Å². The molecule has 0 aromatic carbocycles. The minimum atomic E-state index is 1.03. The molecule has 12 heavy (non-hydrogen) atoms. The second-order valence-electron chi connectivity index (χ2n) is 2.80. The van der Waals surface area contributed by atoms with E-state index in [-0.39, 0.29) is 0 Å². The summed E-state index contributed by atoms with van der Waals surface area (Å²) in [6, 6.07) is 4.21. The van der Waals surface area contributed by atoms with Crippen molar-refractivity contribution in [3.63, 3.8) is 0 Å². The Balaban J connectivity index is 2.60. The number of thiazole rings is 1. The van der Waals surface area contributed by atoms with Gasteiger partial charge in [-0.15, -0.1) is 11.3 Å². The Kier molecular flexibility index (Phi) is 1.73. The molecule has 0 aliphatic carbocycles. The number of hydrogen-bond donors (Lipinski definition) is 0. The number of aryl methyl sites for hydroxylation is 2. The maximum absolute atomic E-state index is 4.26. The van der Waals surface area contributed by atoms with Gasteiger partial charge in [0.1, 0.15) is 5.82 Å². The smallest absolute Gasteiger partial charge is 0.148 e. The highest BCUT2D eigenvalue weighted by Crippen LogP contribution is 2.15. The molecular formula is C9H10N2S. The Labute approximate surface area is 75.5 Å². The Morgan fingerprint density at radius 1 is 1.25 bits per heavy atom. The molecule has 0 radical (unpaired) electrons. The van der Waals surface area contributed by atoms with Crippen molar-refractivity contribution in [3.05, 3.63) is 34.4 Å². The van der Waals surface area contributed by atoms with Gasteiger partial charge in [0.05, 0.1) is 5.51 Å². The SMILES string of the molecule is Cc1ccc(C)n1-c1cscn1. The van der Waals surface area contributed by atoms with Crippen LogP contribution in [0.3, 0.4) is 0 Å². The van der Waals surface area contributed by atoms with Crippen molar-refractivity contribution >= 4 is 11.3 Å². The third-order valence-electron chi connectivity index (χ3n) is 1.92. The van der Waals surface area contributed by atoms with E-state index < -0.39 is 0 Å². The fourth-order valence-corrected chi connectivity index (χ4v) is 1.86. The van der Waals surface area contributed by atoms with Gasteiger partial charge in [0.2, 0.25) is 0 Å². The van der Waals surface area contributed by atoms with Crippen molar-refractivity contribution in [2.24, 2.45) is 0 Å². The fourth-order valence-electron chi connectivity index (χ4n) is 1.35. The highest BCUT2D eigenvalue weighted by Gasteiger charge is 2.03. The van der Waals surface area contributed by atoms with Crippen molar-refractivity contribution in [2.75, 3.05) is 0 Å². The van der Waals surface area contributed by atoms with Gasteiger partial charge in [-0.1, -0.05) is 0 Å². The Bertz CT molecular complexity index is 354. The van der Waals surface area contributed by atoms with Crippen LogP contribution in [0.15, 0.2) is 23.0 Å².